The van der Waals surface area contributed by atoms with Gasteiger partial charge in [-0.2, -0.15) is 0 Å². The molecule has 1 aromatic rings. The van der Waals surface area contributed by atoms with Crippen molar-refractivity contribution in [1.29, 1.82) is 0 Å². The molecule has 1 aromatic carbocycles. The van der Waals surface area contributed by atoms with Crippen LogP contribution in [0.3, 0.4) is 0 Å². The predicted molar refractivity (Wildman–Crippen MR) is 95.9 cm³/mol. The third-order valence-electron chi connectivity index (χ3n) is 3.61. The van der Waals surface area contributed by atoms with E-state index in [1.165, 1.54) is 0 Å². The van der Waals surface area contributed by atoms with Gasteiger partial charge in [0.05, 0.1) is 4.90 Å². The normalized spacial score (nSPS) is 11.4. The Hall–Kier alpha value is -1.60. The van der Waals surface area contributed by atoms with Crippen LogP contribution in [0.2, 0.25) is 0 Å². The summed E-state index contributed by atoms with van der Waals surface area (Å²) in [5.74, 6) is -0.864. The fraction of sp³-hybridized carbons (Fsp3) is 0.588. The minimum absolute atomic E-state index is 0.0567. The number of benzene rings is 1. The second-order valence-electron chi connectivity index (χ2n) is 5.73. The number of nitrogens with one attached hydrogen (secondary N) is 1. The predicted octanol–water partition coefficient (Wildman–Crippen LogP) is 2.85. The number of hydrogen-bond acceptors (Lipinski definition) is 4. The monoisotopic (exact) mass is 356 g/mol. The number of anilines is 1. The molecule has 0 fully saturated rings. The maximum atomic E-state index is 12.2. The second-order valence-corrected chi connectivity index (χ2v) is 7.50. The first kappa shape index (κ1) is 20.4. The molecule has 0 aliphatic rings. The van der Waals surface area contributed by atoms with Gasteiger partial charge in [0.15, 0.2) is 0 Å². The molecule has 0 aliphatic heterocycles. The van der Waals surface area contributed by atoms with Crippen LogP contribution in [0.5, 0.6) is 0 Å². The summed E-state index contributed by atoms with van der Waals surface area (Å²) in [6.07, 6.45) is 3.10. The van der Waals surface area contributed by atoms with Gasteiger partial charge in [-0.25, -0.2) is 13.1 Å². The van der Waals surface area contributed by atoms with Crippen LogP contribution >= 0.6 is 0 Å². The number of sulfonamides is 1. The van der Waals surface area contributed by atoms with E-state index in [0.717, 1.165) is 31.6 Å². The zero-order valence-corrected chi connectivity index (χ0v) is 15.3. The number of unbranched alkanes of at least 4 members (excludes halogenated alkanes) is 1. The van der Waals surface area contributed by atoms with Crippen LogP contribution in [0.15, 0.2) is 29.2 Å². The highest BCUT2D eigenvalue weighted by atomic mass is 32.2. The Kier molecular flexibility index (Phi) is 8.78. The lowest BCUT2D eigenvalue weighted by Crippen LogP contribution is -2.26. The number of carbonyl (C=O) groups is 1. The van der Waals surface area contributed by atoms with E-state index in [-0.39, 0.29) is 17.9 Å². The third-order valence-corrected chi connectivity index (χ3v) is 5.09. The molecule has 0 aromatic heterocycles. The third kappa shape index (κ3) is 6.88. The Bertz CT molecular complexity index is 594. The summed E-state index contributed by atoms with van der Waals surface area (Å²) < 4.78 is 27.0. The summed E-state index contributed by atoms with van der Waals surface area (Å²) in [5.41, 5.74) is 1.03. The van der Waals surface area contributed by atoms with E-state index in [1.807, 2.05) is 12.1 Å². The number of nitrogens with zero attached hydrogens (tertiary/aromatic N) is 1. The Morgan fingerprint density at radius 2 is 1.67 bits per heavy atom. The fourth-order valence-electron chi connectivity index (χ4n) is 2.44. The number of carboxylic acids is 1. The van der Waals surface area contributed by atoms with Crippen LogP contribution in [-0.2, 0) is 14.8 Å². The van der Waals surface area contributed by atoms with Crippen LogP contribution in [0.1, 0.15) is 46.0 Å². The van der Waals surface area contributed by atoms with Crippen molar-refractivity contribution in [2.24, 2.45) is 0 Å². The molecule has 0 amide bonds. The van der Waals surface area contributed by atoms with Crippen molar-refractivity contribution in [3.8, 4) is 0 Å². The Morgan fingerprint density at radius 1 is 1.08 bits per heavy atom. The van der Waals surface area contributed by atoms with Crippen molar-refractivity contribution in [3.05, 3.63) is 24.3 Å². The Labute approximate surface area is 144 Å². The van der Waals surface area contributed by atoms with E-state index in [2.05, 4.69) is 23.5 Å². The van der Waals surface area contributed by atoms with Crippen molar-refractivity contribution in [2.45, 2.75) is 50.8 Å². The topological polar surface area (TPSA) is 86.7 Å². The number of hydrogen-bond donors (Lipinski definition) is 2. The summed E-state index contributed by atoms with van der Waals surface area (Å²) in [6.45, 7) is 6.38. The largest absolute Gasteiger partial charge is 0.481 e. The van der Waals surface area contributed by atoms with E-state index in [0.29, 0.717) is 12.8 Å². The molecule has 0 saturated carbocycles. The van der Waals surface area contributed by atoms with Gasteiger partial charge in [-0.1, -0.05) is 13.8 Å². The molecular formula is C17H28N2O4S. The number of aliphatic carboxylic acids is 1. The van der Waals surface area contributed by atoms with Crippen molar-refractivity contribution in [3.63, 3.8) is 0 Å². The molecule has 0 bridgehead atoms. The summed E-state index contributed by atoms with van der Waals surface area (Å²) in [6, 6.07) is 6.91. The molecule has 0 heterocycles. The fourth-order valence-corrected chi connectivity index (χ4v) is 3.51. The van der Waals surface area contributed by atoms with Gasteiger partial charge >= 0.3 is 5.97 Å². The quantitative estimate of drug-likeness (QED) is 0.562. The minimum Gasteiger partial charge on any atom is -0.481 e. The summed E-state index contributed by atoms with van der Waals surface area (Å²) >= 11 is 0. The number of rotatable bonds is 12. The second kappa shape index (κ2) is 10.3. The lowest BCUT2D eigenvalue weighted by Gasteiger charge is -2.23. The van der Waals surface area contributed by atoms with Gasteiger partial charge in [0, 0.05) is 31.7 Å². The first-order valence-corrected chi connectivity index (χ1v) is 9.95. The van der Waals surface area contributed by atoms with Crippen LogP contribution in [0.25, 0.3) is 0 Å². The molecule has 24 heavy (non-hydrogen) atoms. The first-order chi connectivity index (χ1) is 11.4. The van der Waals surface area contributed by atoms with Crippen molar-refractivity contribution >= 4 is 21.7 Å². The minimum atomic E-state index is -3.54. The highest BCUT2D eigenvalue weighted by Crippen LogP contribution is 2.18. The molecule has 0 saturated heterocycles. The highest BCUT2D eigenvalue weighted by Gasteiger charge is 2.14. The van der Waals surface area contributed by atoms with Crippen LogP contribution in [0, 0.1) is 0 Å². The van der Waals surface area contributed by atoms with E-state index < -0.39 is 16.0 Å². The van der Waals surface area contributed by atoms with Crippen molar-refractivity contribution in [1.82, 2.24) is 4.72 Å². The van der Waals surface area contributed by atoms with Gasteiger partial charge in [-0.3, -0.25) is 4.79 Å². The van der Waals surface area contributed by atoms with Crippen LogP contribution < -0.4 is 9.62 Å². The van der Waals surface area contributed by atoms with Crippen molar-refractivity contribution in [2.75, 3.05) is 24.5 Å². The smallest absolute Gasteiger partial charge is 0.303 e. The summed E-state index contributed by atoms with van der Waals surface area (Å²) in [5, 5.41) is 8.56. The van der Waals surface area contributed by atoms with Crippen molar-refractivity contribution < 1.29 is 18.3 Å². The van der Waals surface area contributed by atoms with Crippen LogP contribution in [-0.4, -0.2) is 39.1 Å². The molecular weight excluding hydrogens is 328 g/mol. The van der Waals surface area contributed by atoms with E-state index in [1.54, 1.807) is 12.1 Å². The average Bonchev–Trinajstić information content (AvgIpc) is 2.54. The first-order valence-electron chi connectivity index (χ1n) is 8.47. The zero-order chi connectivity index (χ0) is 18.0. The maximum Gasteiger partial charge on any atom is 0.303 e. The van der Waals surface area contributed by atoms with Gasteiger partial charge in [0.2, 0.25) is 10.0 Å². The van der Waals surface area contributed by atoms with Gasteiger partial charge in [0.25, 0.3) is 0 Å². The molecule has 0 radical (unpaired) electrons. The Balaban J connectivity index is 2.64. The Morgan fingerprint density at radius 3 is 2.17 bits per heavy atom. The van der Waals surface area contributed by atoms with Gasteiger partial charge in [0.1, 0.15) is 0 Å². The highest BCUT2D eigenvalue weighted by molar-refractivity contribution is 7.89. The molecule has 6 nitrogen and oxygen atoms in total. The summed E-state index contributed by atoms with van der Waals surface area (Å²) in [7, 11) is -3.54. The van der Waals surface area contributed by atoms with E-state index >= 15 is 0 Å². The lowest BCUT2D eigenvalue weighted by atomic mass is 10.2. The standard InChI is InChI=1S/C17H28N2O4S/c1-3-13-19(14-4-2)15-8-10-16(11-9-15)24(22,23)18-12-6-5-7-17(20)21/h8-11,18H,3-7,12-14H2,1-2H3,(H,20,21). The molecule has 2 N–H and O–H groups in total. The maximum absolute atomic E-state index is 12.2. The van der Waals surface area contributed by atoms with Gasteiger partial charge in [-0.05, 0) is 49.9 Å². The number of carboxylic acid groups (broad SMARTS) is 1. The molecule has 0 atom stereocenters. The zero-order valence-electron chi connectivity index (χ0n) is 14.5. The van der Waals surface area contributed by atoms with Crippen LogP contribution in [0.4, 0.5) is 5.69 Å². The summed E-state index contributed by atoms with van der Waals surface area (Å²) in [4.78, 5) is 12.9. The molecule has 1 rings (SSSR count). The van der Waals surface area contributed by atoms with E-state index in [4.69, 9.17) is 5.11 Å². The average molecular weight is 356 g/mol. The van der Waals surface area contributed by atoms with Gasteiger partial charge in [-0.15, -0.1) is 0 Å². The lowest BCUT2D eigenvalue weighted by molar-refractivity contribution is -0.137. The SMILES string of the molecule is CCCN(CCC)c1ccc(S(=O)(=O)NCCCCC(=O)O)cc1. The molecule has 0 unspecified atom stereocenters. The molecule has 0 spiro atoms. The van der Waals surface area contributed by atoms with Gasteiger partial charge < -0.3 is 10.0 Å². The van der Waals surface area contributed by atoms with E-state index in [9.17, 15) is 13.2 Å². The molecule has 136 valence electrons. The molecule has 7 heteroatoms. The molecule has 0 aliphatic carbocycles.